The summed E-state index contributed by atoms with van der Waals surface area (Å²) in [6, 6.07) is 7.99. The van der Waals surface area contributed by atoms with Crippen LogP contribution >= 0.6 is 0 Å². The largest absolute Gasteiger partial charge is 0.549 e. The number of carbonyl (C=O) groups is 2. The predicted octanol–water partition coefficient (Wildman–Crippen LogP) is 4.14. The van der Waals surface area contributed by atoms with Gasteiger partial charge in [0, 0.05) is 0 Å². The lowest BCUT2D eigenvalue weighted by molar-refractivity contribution is -0.321. The highest BCUT2D eigenvalue weighted by Gasteiger charge is 2.23. The van der Waals surface area contributed by atoms with E-state index in [1.54, 1.807) is 6.92 Å². The van der Waals surface area contributed by atoms with Crippen molar-refractivity contribution >= 4 is 12.1 Å². The van der Waals surface area contributed by atoms with Crippen LogP contribution in [0.2, 0.25) is 0 Å². The van der Waals surface area contributed by atoms with Crippen LogP contribution in [-0.2, 0) is 34.7 Å². The van der Waals surface area contributed by atoms with Gasteiger partial charge in [0.05, 0.1) is 12.7 Å². The highest BCUT2D eigenvalue weighted by molar-refractivity contribution is 5.81. The Morgan fingerprint density at radius 1 is 1.12 bits per heavy atom. The number of hydrogen-bond donors (Lipinski definition) is 0. The summed E-state index contributed by atoms with van der Waals surface area (Å²) in [6.45, 7) is 9.59. The highest BCUT2D eigenvalue weighted by atomic mass is 17.2. The van der Waals surface area contributed by atoms with Gasteiger partial charge < -0.3 is 9.62 Å². The lowest BCUT2D eigenvalue weighted by Crippen LogP contribution is -2.21. The zero-order chi connectivity index (χ0) is 18.9. The van der Waals surface area contributed by atoms with Crippen molar-refractivity contribution in [2.24, 2.45) is 0 Å². The summed E-state index contributed by atoms with van der Waals surface area (Å²) in [6.07, 6.45) is 0.783. The smallest absolute Gasteiger partial charge is 0.432 e. The highest BCUT2D eigenvalue weighted by Crippen LogP contribution is 2.26. The Balaban J connectivity index is 2.45. The molecule has 0 atom stereocenters. The van der Waals surface area contributed by atoms with Gasteiger partial charge in [-0.3, -0.25) is 0 Å². The molecule has 0 radical (unpaired) electrons. The van der Waals surface area contributed by atoms with Gasteiger partial charge in [0.2, 0.25) is 0 Å². The minimum atomic E-state index is -1.10. The molecule has 0 amide bonds. The van der Waals surface area contributed by atoms with Crippen LogP contribution in [0.1, 0.15) is 51.7 Å². The molecular formula is C18H24O7. The molecular weight excluding hydrogens is 328 g/mol. The maximum Gasteiger partial charge on any atom is 0.549 e. The number of ether oxygens (including phenoxy) is 1. The van der Waals surface area contributed by atoms with Crippen LogP contribution in [0.3, 0.4) is 0 Å². The van der Waals surface area contributed by atoms with E-state index in [2.05, 4.69) is 28.4 Å². The molecule has 0 fully saturated rings. The molecule has 138 valence electrons. The summed E-state index contributed by atoms with van der Waals surface area (Å²) in [4.78, 5) is 40.6. The molecule has 1 aromatic carbocycles. The average molecular weight is 352 g/mol. The minimum absolute atomic E-state index is 0.108. The molecule has 0 saturated carbocycles. The maximum atomic E-state index is 11.3. The van der Waals surface area contributed by atoms with Crippen LogP contribution in [0, 0.1) is 0 Å². The lowest BCUT2D eigenvalue weighted by atomic mass is 9.94. The van der Waals surface area contributed by atoms with Crippen LogP contribution in [0.25, 0.3) is 0 Å². The van der Waals surface area contributed by atoms with E-state index in [0.29, 0.717) is 5.92 Å². The second-order valence-electron chi connectivity index (χ2n) is 5.94. The fraction of sp³-hybridized carbons (Fsp3) is 0.444. The fourth-order valence-corrected chi connectivity index (χ4v) is 1.79. The molecule has 0 unspecified atom stereocenters. The van der Waals surface area contributed by atoms with Gasteiger partial charge in [0.15, 0.2) is 0 Å². The molecule has 0 aliphatic heterocycles. The van der Waals surface area contributed by atoms with E-state index >= 15 is 0 Å². The molecule has 7 nitrogen and oxygen atoms in total. The number of hydrogen-bond acceptors (Lipinski definition) is 7. The summed E-state index contributed by atoms with van der Waals surface area (Å²) in [5.74, 6) is -0.504. The van der Waals surface area contributed by atoms with E-state index in [1.165, 1.54) is 5.56 Å². The van der Waals surface area contributed by atoms with Crippen molar-refractivity contribution in [2.75, 3.05) is 6.61 Å². The first-order chi connectivity index (χ1) is 11.8. The summed E-state index contributed by atoms with van der Waals surface area (Å²) >= 11 is 0. The lowest BCUT2D eigenvalue weighted by Gasteiger charge is -2.23. The summed E-state index contributed by atoms with van der Waals surface area (Å²) < 4.78 is 4.42. The van der Waals surface area contributed by atoms with E-state index in [4.69, 9.17) is 9.78 Å². The Morgan fingerprint density at radius 3 is 2.32 bits per heavy atom. The summed E-state index contributed by atoms with van der Waals surface area (Å²) in [5, 5.41) is 0. The van der Waals surface area contributed by atoms with Crippen molar-refractivity contribution in [1.82, 2.24) is 0 Å². The second-order valence-corrected chi connectivity index (χ2v) is 5.94. The van der Waals surface area contributed by atoms with Gasteiger partial charge in [-0.2, -0.15) is 9.68 Å². The molecule has 0 heterocycles. The van der Waals surface area contributed by atoms with Gasteiger partial charge in [0.25, 0.3) is 0 Å². The standard InChI is InChI=1S/C18H24O7/c1-6-21-17(20)24-23-16(19)11-12-22-25-18(4,5)15-9-7-14(8-10-15)13(2)3/h7-13H,6H2,1-5H3. The third-order valence-corrected chi connectivity index (χ3v) is 3.24. The molecule has 0 spiro atoms. The van der Waals surface area contributed by atoms with E-state index in [1.807, 2.05) is 38.1 Å². The number of carbonyl (C=O) groups excluding carboxylic acids is 2. The Bertz CT molecular complexity index is 588. The van der Waals surface area contributed by atoms with Gasteiger partial charge in [0.1, 0.15) is 11.9 Å². The van der Waals surface area contributed by atoms with Crippen LogP contribution in [0.15, 0.2) is 36.6 Å². The van der Waals surface area contributed by atoms with Crippen molar-refractivity contribution in [2.45, 2.75) is 46.1 Å². The monoisotopic (exact) mass is 352 g/mol. The molecule has 0 saturated heterocycles. The van der Waals surface area contributed by atoms with E-state index in [-0.39, 0.29) is 6.61 Å². The first-order valence-corrected chi connectivity index (χ1v) is 7.93. The van der Waals surface area contributed by atoms with Crippen molar-refractivity contribution in [3.05, 3.63) is 47.7 Å². The molecule has 0 aliphatic rings. The quantitative estimate of drug-likeness (QED) is 0.240. The van der Waals surface area contributed by atoms with Crippen molar-refractivity contribution in [3.8, 4) is 0 Å². The molecule has 0 aromatic heterocycles. The van der Waals surface area contributed by atoms with Crippen LogP contribution in [0.5, 0.6) is 0 Å². The zero-order valence-corrected chi connectivity index (χ0v) is 15.1. The van der Waals surface area contributed by atoms with Crippen molar-refractivity contribution < 1.29 is 33.9 Å². The maximum absolute atomic E-state index is 11.3. The normalized spacial score (nSPS) is 11.4. The van der Waals surface area contributed by atoms with E-state index in [9.17, 15) is 9.59 Å². The van der Waals surface area contributed by atoms with Crippen molar-refractivity contribution in [3.63, 3.8) is 0 Å². The van der Waals surface area contributed by atoms with Crippen LogP contribution in [-0.4, -0.2) is 18.7 Å². The first-order valence-electron chi connectivity index (χ1n) is 7.93. The molecule has 0 aliphatic carbocycles. The molecule has 7 heteroatoms. The minimum Gasteiger partial charge on any atom is -0.432 e. The predicted molar refractivity (Wildman–Crippen MR) is 89.1 cm³/mol. The van der Waals surface area contributed by atoms with Gasteiger partial charge in [-0.15, -0.1) is 0 Å². The Kier molecular flexibility index (Phi) is 7.94. The third kappa shape index (κ3) is 7.26. The number of rotatable bonds is 7. The Morgan fingerprint density at radius 2 is 1.76 bits per heavy atom. The summed E-state index contributed by atoms with van der Waals surface area (Å²) in [7, 11) is 0. The average Bonchev–Trinajstić information content (AvgIpc) is 2.57. The fourth-order valence-electron chi connectivity index (χ4n) is 1.79. The second kappa shape index (κ2) is 9.68. The SMILES string of the molecule is CCOC(=O)OOC(=O)C=COOC(C)(C)c1ccc(C(C)C)cc1. The number of benzene rings is 1. The van der Waals surface area contributed by atoms with Crippen LogP contribution < -0.4 is 0 Å². The molecule has 1 aromatic rings. The van der Waals surface area contributed by atoms with Crippen molar-refractivity contribution in [1.29, 1.82) is 0 Å². The van der Waals surface area contributed by atoms with Gasteiger partial charge in [-0.25, -0.2) is 14.6 Å². The van der Waals surface area contributed by atoms with E-state index in [0.717, 1.165) is 17.9 Å². The Hall–Kier alpha value is -2.54. The third-order valence-electron chi connectivity index (χ3n) is 3.24. The molecule has 0 N–H and O–H groups in total. The van der Waals surface area contributed by atoms with Gasteiger partial charge >= 0.3 is 12.1 Å². The summed E-state index contributed by atoms with van der Waals surface area (Å²) in [5.41, 5.74) is 1.41. The molecule has 0 bridgehead atoms. The van der Waals surface area contributed by atoms with Gasteiger partial charge in [-0.1, -0.05) is 38.1 Å². The Labute approximate surface area is 147 Å². The topological polar surface area (TPSA) is 80.3 Å². The van der Waals surface area contributed by atoms with Gasteiger partial charge in [-0.05, 0) is 37.8 Å². The zero-order valence-electron chi connectivity index (χ0n) is 15.1. The van der Waals surface area contributed by atoms with Crippen LogP contribution in [0.4, 0.5) is 4.79 Å². The first kappa shape index (κ1) is 20.5. The molecule has 1 rings (SSSR count). The van der Waals surface area contributed by atoms with E-state index < -0.39 is 17.7 Å². The molecule has 25 heavy (non-hydrogen) atoms.